The zero-order chi connectivity index (χ0) is 17.8. The quantitative estimate of drug-likeness (QED) is 0.845. The molecule has 25 heavy (non-hydrogen) atoms. The minimum absolute atomic E-state index is 0.0228. The lowest BCUT2D eigenvalue weighted by Crippen LogP contribution is -2.42. The third-order valence-corrected chi connectivity index (χ3v) is 5.70. The van der Waals surface area contributed by atoms with Gasteiger partial charge in [-0.2, -0.15) is 0 Å². The Morgan fingerprint density at radius 1 is 1.32 bits per heavy atom. The van der Waals surface area contributed by atoms with E-state index in [1.807, 2.05) is 18.2 Å². The van der Waals surface area contributed by atoms with Crippen LogP contribution in [0, 0.1) is 11.8 Å². The average Bonchev–Trinajstić information content (AvgIpc) is 2.96. The number of nitrogens with zero attached hydrogens (tertiary/aromatic N) is 1. The lowest BCUT2D eigenvalue weighted by Gasteiger charge is -2.28. The van der Waals surface area contributed by atoms with Crippen molar-refractivity contribution in [1.29, 1.82) is 0 Å². The molecule has 0 radical (unpaired) electrons. The predicted molar refractivity (Wildman–Crippen MR) is 99.7 cm³/mol. The molecule has 5 nitrogen and oxygen atoms in total. The maximum atomic E-state index is 12.6. The normalized spacial score (nSPS) is 22.9. The number of nitrogens with one attached hydrogen (secondary N) is 2. The van der Waals surface area contributed by atoms with Gasteiger partial charge >= 0.3 is 0 Å². The highest BCUT2D eigenvalue weighted by atomic mass is 35.5. The minimum Gasteiger partial charge on any atom is -0.344 e. The highest BCUT2D eigenvalue weighted by molar-refractivity contribution is 6.34. The molecule has 0 bridgehead atoms. The molecule has 0 aliphatic carbocycles. The molecule has 6 heteroatoms. The summed E-state index contributed by atoms with van der Waals surface area (Å²) in [5.74, 6) is 0.838. The second-order valence-electron chi connectivity index (χ2n) is 7.12. The van der Waals surface area contributed by atoms with Crippen LogP contribution in [0.25, 0.3) is 0 Å². The second-order valence-corrected chi connectivity index (χ2v) is 7.53. The molecule has 2 N–H and O–H groups in total. The smallest absolute Gasteiger partial charge is 0.249 e. The van der Waals surface area contributed by atoms with Crippen LogP contribution < -0.4 is 15.5 Å². The van der Waals surface area contributed by atoms with E-state index in [1.165, 1.54) is 0 Å². The van der Waals surface area contributed by atoms with E-state index in [-0.39, 0.29) is 11.8 Å². The molecule has 2 aliphatic heterocycles. The fraction of sp³-hybridized carbons (Fsp3) is 0.579. The van der Waals surface area contributed by atoms with Crippen LogP contribution >= 0.6 is 11.6 Å². The number of hydrogen-bond donors (Lipinski definition) is 2. The topological polar surface area (TPSA) is 61.4 Å². The number of halogens is 1. The molecular weight excluding hydrogens is 338 g/mol. The van der Waals surface area contributed by atoms with Crippen LogP contribution in [0.5, 0.6) is 0 Å². The Labute approximate surface area is 154 Å². The van der Waals surface area contributed by atoms with Gasteiger partial charge in [0.2, 0.25) is 11.8 Å². The highest BCUT2D eigenvalue weighted by Crippen LogP contribution is 2.29. The Balaban J connectivity index is 1.54. The van der Waals surface area contributed by atoms with Gasteiger partial charge in [-0.3, -0.25) is 9.59 Å². The van der Waals surface area contributed by atoms with Crippen LogP contribution in [0.4, 0.5) is 5.69 Å². The second kappa shape index (κ2) is 8.19. The van der Waals surface area contributed by atoms with Crippen molar-refractivity contribution in [3.8, 4) is 0 Å². The monoisotopic (exact) mass is 363 g/mol. The van der Waals surface area contributed by atoms with Crippen molar-refractivity contribution in [2.45, 2.75) is 38.6 Å². The lowest BCUT2D eigenvalue weighted by atomic mass is 9.84. The number of rotatable bonds is 5. The van der Waals surface area contributed by atoms with Crippen molar-refractivity contribution in [3.63, 3.8) is 0 Å². The molecule has 2 saturated heterocycles. The number of carbonyl (C=O) groups is 2. The van der Waals surface area contributed by atoms with E-state index >= 15 is 0 Å². The lowest BCUT2D eigenvalue weighted by molar-refractivity contribution is -0.127. The van der Waals surface area contributed by atoms with Crippen LogP contribution in [0.15, 0.2) is 24.3 Å². The van der Waals surface area contributed by atoms with Crippen molar-refractivity contribution in [2.75, 3.05) is 24.5 Å². The van der Waals surface area contributed by atoms with Gasteiger partial charge in [0.1, 0.15) is 6.04 Å². The number of benzene rings is 1. The van der Waals surface area contributed by atoms with Crippen molar-refractivity contribution in [3.05, 3.63) is 29.3 Å². The number of anilines is 1. The van der Waals surface area contributed by atoms with Gasteiger partial charge in [-0.1, -0.05) is 30.7 Å². The molecule has 2 amide bonds. The first-order valence-electron chi connectivity index (χ1n) is 9.12. The molecule has 0 saturated carbocycles. The number of amides is 2. The molecule has 2 heterocycles. The first-order chi connectivity index (χ1) is 12.1. The fourth-order valence-electron chi connectivity index (χ4n) is 3.85. The molecule has 2 aliphatic rings. The molecule has 3 rings (SSSR count). The summed E-state index contributed by atoms with van der Waals surface area (Å²) in [6.45, 7) is 4.79. The Morgan fingerprint density at radius 2 is 2.04 bits per heavy atom. The largest absolute Gasteiger partial charge is 0.344 e. The van der Waals surface area contributed by atoms with Crippen LogP contribution in [0.2, 0.25) is 5.02 Å². The summed E-state index contributed by atoms with van der Waals surface area (Å²) in [5, 5.41) is 6.84. The Kier molecular flexibility index (Phi) is 5.97. The predicted octanol–water partition coefficient (Wildman–Crippen LogP) is 2.59. The first kappa shape index (κ1) is 18.2. The van der Waals surface area contributed by atoms with Crippen molar-refractivity contribution < 1.29 is 9.59 Å². The summed E-state index contributed by atoms with van der Waals surface area (Å²) in [4.78, 5) is 26.7. The minimum atomic E-state index is -0.441. The van der Waals surface area contributed by atoms with Crippen molar-refractivity contribution in [2.24, 2.45) is 11.8 Å². The summed E-state index contributed by atoms with van der Waals surface area (Å²) >= 11 is 6.19. The fourth-order valence-corrected chi connectivity index (χ4v) is 4.09. The molecule has 2 atom stereocenters. The third kappa shape index (κ3) is 4.33. The SMILES string of the molecule is CC(CC(=O)NC1CCN(c2ccccc2Cl)C1=O)C1CCNCC1. The van der Waals surface area contributed by atoms with Crippen LogP contribution in [-0.4, -0.2) is 37.5 Å². The van der Waals surface area contributed by atoms with Gasteiger partial charge in [0.15, 0.2) is 0 Å². The zero-order valence-electron chi connectivity index (χ0n) is 14.6. The van der Waals surface area contributed by atoms with E-state index in [9.17, 15) is 9.59 Å². The van der Waals surface area contributed by atoms with E-state index in [0.717, 1.165) is 25.9 Å². The number of hydrogen-bond acceptors (Lipinski definition) is 3. The summed E-state index contributed by atoms with van der Waals surface area (Å²) in [7, 11) is 0. The van der Waals surface area contributed by atoms with Gasteiger partial charge < -0.3 is 15.5 Å². The Bertz CT molecular complexity index is 631. The molecule has 1 aromatic carbocycles. The van der Waals surface area contributed by atoms with Gasteiger partial charge in [0.25, 0.3) is 0 Å². The first-order valence-corrected chi connectivity index (χ1v) is 9.50. The highest BCUT2D eigenvalue weighted by Gasteiger charge is 2.34. The van der Waals surface area contributed by atoms with Gasteiger partial charge in [-0.25, -0.2) is 0 Å². The molecule has 1 aromatic rings. The Hall–Kier alpha value is -1.59. The zero-order valence-corrected chi connectivity index (χ0v) is 15.4. The average molecular weight is 364 g/mol. The van der Waals surface area contributed by atoms with E-state index in [1.54, 1.807) is 11.0 Å². The van der Waals surface area contributed by atoms with E-state index in [4.69, 9.17) is 11.6 Å². The summed E-state index contributed by atoms with van der Waals surface area (Å²) < 4.78 is 0. The third-order valence-electron chi connectivity index (χ3n) is 5.38. The summed E-state index contributed by atoms with van der Waals surface area (Å²) in [6.07, 6.45) is 3.35. The maximum absolute atomic E-state index is 12.6. The number of para-hydroxylation sites is 1. The maximum Gasteiger partial charge on any atom is 0.249 e. The van der Waals surface area contributed by atoms with Gasteiger partial charge in [-0.15, -0.1) is 0 Å². The van der Waals surface area contributed by atoms with E-state index in [2.05, 4.69) is 17.6 Å². The van der Waals surface area contributed by atoms with Crippen LogP contribution in [-0.2, 0) is 9.59 Å². The molecule has 2 fully saturated rings. The summed E-state index contributed by atoms with van der Waals surface area (Å²) in [5.41, 5.74) is 0.717. The Morgan fingerprint density at radius 3 is 2.76 bits per heavy atom. The van der Waals surface area contributed by atoms with Gasteiger partial charge in [-0.05, 0) is 56.3 Å². The van der Waals surface area contributed by atoms with Crippen LogP contribution in [0.1, 0.15) is 32.6 Å². The number of carbonyl (C=O) groups excluding carboxylic acids is 2. The standard InChI is InChI=1S/C19H26ClN3O2/c1-13(14-6-9-21-10-7-14)12-18(24)22-16-8-11-23(19(16)25)17-5-3-2-4-15(17)20/h2-5,13-14,16,21H,6-12H2,1H3,(H,22,24). The number of piperidine rings is 1. The van der Waals surface area contributed by atoms with Crippen molar-refractivity contribution in [1.82, 2.24) is 10.6 Å². The van der Waals surface area contributed by atoms with Crippen LogP contribution in [0.3, 0.4) is 0 Å². The van der Waals surface area contributed by atoms with E-state index in [0.29, 0.717) is 41.9 Å². The van der Waals surface area contributed by atoms with E-state index < -0.39 is 6.04 Å². The molecular formula is C19H26ClN3O2. The van der Waals surface area contributed by atoms with Gasteiger partial charge in [0.05, 0.1) is 10.7 Å². The molecule has 2 unspecified atom stereocenters. The molecule has 0 aromatic heterocycles. The summed E-state index contributed by atoms with van der Waals surface area (Å²) in [6, 6.07) is 6.87. The molecule has 136 valence electrons. The molecule has 0 spiro atoms. The van der Waals surface area contributed by atoms with Crippen molar-refractivity contribution >= 4 is 29.1 Å². The van der Waals surface area contributed by atoms with Gasteiger partial charge in [0, 0.05) is 13.0 Å².